The van der Waals surface area contributed by atoms with Crippen molar-refractivity contribution in [2.24, 2.45) is 5.16 Å². The van der Waals surface area contributed by atoms with E-state index >= 15 is 0 Å². The van der Waals surface area contributed by atoms with Gasteiger partial charge in [0.1, 0.15) is 29.9 Å². The highest BCUT2D eigenvalue weighted by Crippen LogP contribution is 2.43. The molecule has 0 aliphatic carbocycles. The zero-order valence-corrected chi connectivity index (χ0v) is 25.5. The van der Waals surface area contributed by atoms with E-state index in [2.05, 4.69) is 31.4 Å². The van der Waals surface area contributed by atoms with Crippen LogP contribution >= 0.6 is 62.1 Å². The number of anilines is 1. The zero-order chi connectivity index (χ0) is 29.6. The molecule has 2 amide bonds. The predicted octanol–water partition coefficient (Wildman–Crippen LogP) is 2.36. The monoisotopic (exact) mass is 699 g/mol. The van der Waals surface area contributed by atoms with E-state index in [0.717, 1.165) is 16.2 Å². The van der Waals surface area contributed by atoms with Gasteiger partial charge in [0.15, 0.2) is 22.3 Å². The van der Waals surface area contributed by atoms with Crippen LogP contribution in [-0.4, -0.2) is 78.7 Å². The van der Waals surface area contributed by atoms with E-state index in [-0.39, 0.29) is 49.3 Å². The Balaban J connectivity index is 1.35. The Hall–Kier alpha value is -3.32. The van der Waals surface area contributed by atoms with Gasteiger partial charge in [-0.2, -0.15) is 0 Å². The topological polar surface area (TPSA) is 205 Å². The number of carbonyl (C=O) groups is 3. The second-order valence-electron chi connectivity index (χ2n) is 8.47. The lowest BCUT2D eigenvalue weighted by atomic mass is 10.0. The minimum Gasteiger partial charge on any atom is -0.504 e. The maximum absolute atomic E-state index is 13.1. The molecule has 214 valence electrons. The number of fused-ring (bicyclic) bond motifs is 2. The molecule has 1 fully saturated rings. The third-order valence-electron chi connectivity index (χ3n) is 5.98. The van der Waals surface area contributed by atoms with Gasteiger partial charge < -0.3 is 31.2 Å². The van der Waals surface area contributed by atoms with Gasteiger partial charge >= 0.3 is 5.97 Å². The highest BCUT2D eigenvalue weighted by Gasteiger charge is 2.54. The normalized spacial score (nSPS) is 18.7. The lowest BCUT2D eigenvalue weighted by molar-refractivity contribution is -0.150. The molecule has 13 nitrogen and oxygen atoms in total. The average Bonchev–Trinajstić information content (AvgIpc) is 3.37. The van der Waals surface area contributed by atoms with E-state index in [1.807, 2.05) is 0 Å². The van der Waals surface area contributed by atoms with Crippen LogP contribution in [0.2, 0.25) is 0 Å². The number of hydrogen-bond acceptors (Lipinski definition) is 14. The first kappa shape index (κ1) is 29.2. The summed E-state index contributed by atoms with van der Waals surface area (Å²) in [6.07, 6.45) is 0. The van der Waals surface area contributed by atoms with Gasteiger partial charge in [-0.05, 0) is 27.6 Å². The molecule has 41 heavy (non-hydrogen) atoms. The molecule has 2 atom stereocenters. The maximum atomic E-state index is 13.1. The van der Waals surface area contributed by atoms with Crippen molar-refractivity contribution in [3.63, 3.8) is 0 Å². The smallest absolute Gasteiger partial charge is 0.352 e. The van der Waals surface area contributed by atoms with Crippen molar-refractivity contribution in [2.75, 3.05) is 24.3 Å². The van der Waals surface area contributed by atoms with E-state index in [4.69, 9.17) is 10.6 Å². The first-order valence-electron chi connectivity index (χ1n) is 11.4. The molecule has 0 saturated carbocycles. The lowest BCUT2D eigenvalue weighted by Gasteiger charge is -2.49. The molecular weight excluding hydrogens is 682 g/mol. The van der Waals surface area contributed by atoms with Crippen molar-refractivity contribution in [2.45, 2.75) is 15.6 Å². The van der Waals surface area contributed by atoms with Crippen LogP contribution in [0.3, 0.4) is 0 Å². The number of thioether (sulfide) groups is 2. The molecule has 0 radical (unpaired) electrons. The number of thiazole rings is 1. The summed E-state index contributed by atoms with van der Waals surface area (Å²) in [6, 6.07) is 1.47. The number of carboxylic acid groups (broad SMARTS) is 1. The van der Waals surface area contributed by atoms with E-state index in [1.54, 1.807) is 0 Å². The fourth-order valence-corrected chi connectivity index (χ4v) is 9.20. The number of phenols is 2. The molecule has 1 aromatic carbocycles. The van der Waals surface area contributed by atoms with Crippen LogP contribution in [-0.2, 0) is 19.2 Å². The third-order valence-corrected chi connectivity index (χ3v) is 11.8. The van der Waals surface area contributed by atoms with Crippen molar-refractivity contribution in [1.29, 1.82) is 0 Å². The van der Waals surface area contributed by atoms with Crippen molar-refractivity contribution in [3.8, 4) is 11.5 Å². The number of nitrogens with zero attached hydrogens (tertiary/aromatic N) is 3. The van der Waals surface area contributed by atoms with Crippen LogP contribution in [0.1, 0.15) is 5.69 Å². The van der Waals surface area contributed by atoms with Gasteiger partial charge in [0.25, 0.3) is 11.8 Å². The molecular formula is C23H18BrN5O8S4. The Morgan fingerprint density at radius 2 is 2.05 bits per heavy atom. The fourth-order valence-electron chi connectivity index (χ4n) is 4.12. The number of aromatic nitrogens is 1. The Kier molecular flexibility index (Phi) is 8.20. The molecule has 3 aromatic rings. The molecule has 18 heteroatoms. The molecule has 0 bridgehead atoms. The van der Waals surface area contributed by atoms with Gasteiger partial charge in [-0.1, -0.05) is 5.16 Å². The first-order valence-corrected chi connectivity index (χ1v) is 15.9. The summed E-state index contributed by atoms with van der Waals surface area (Å²) in [6.45, 7) is 0. The Labute approximate surface area is 255 Å². The quantitative estimate of drug-likeness (QED) is 0.0756. The largest absolute Gasteiger partial charge is 0.504 e. The average molecular weight is 701 g/mol. The minimum atomic E-state index is -1.30. The highest BCUT2D eigenvalue weighted by molar-refractivity contribution is 9.10. The van der Waals surface area contributed by atoms with E-state index < -0.39 is 40.4 Å². The van der Waals surface area contributed by atoms with Crippen molar-refractivity contribution in [1.82, 2.24) is 15.2 Å². The van der Waals surface area contributed by atoms with E-state index in [0.29, 0.717) is 14.5 Å². The number of benzene rings is 1. The fraction of sp³-hybridized carbons (Fsp3) is 0.217. The summed E-state index contributed by atoms with van der Waals surface area (Å²) in [7, 11) is 1.25. The number of phenolic OH excluding ortho intramolecular Hbond substituents is 2. The lowest BCUT2D eigenvalue weighted by Crippen LogP contribution is -2.71. The van der Waals surface area contributed by atoms with Crippen LogP contribution in [0.25, 0.3) is 10.1 Å². The highest BCUT2D eigenvalue weighted by atomic mass is 79.9. The molecule has 4 heterocycles. The second kappa shape index (κ2) is 11.5. The number of nitrogen functional groups attached to an aromatic ring is 1. The van der Waals surface area contributed by atoms with E-state index in [1.165, 1.54) is 59.5 Å². The number of amides is 2. The molecule has 2 aliphatic heterocycles. The molecule has 6 N–H and O–H groups in total. The number of carboxylic acids is 1. The van der Waals surface area contributed by atoms with Crippen LogP contribution in [0.15, 0.2) is 47.4 Å². The summed E-state index contributed by atoms with van der Waals surface area (Å²) >= 11 is 8.07. The SMILES string of the molecule is CO/N=C(\C(=O)N[C@@H]1C(=O)N2C(C(=O)O)=C(CSc3sc4cc(O)c(O)cc4c(=O)c3Br)CS[C@H]12)c1csc(N)n1. The van der Waals surface area contributed by atoms with E-state index in [9.17, 15) is 34.5 Å². The van der Waals surface area contributed by atoms with Crippen molar-refractivity contribution < 1.29 is 34.5 Å². The molecule has 0 spiro atoms. The van der Waals surface area contributed by atoms with Gasteiger partial charge in [-0.25, -0.2) is 9.78 Å². The number of carbonyl (C=O) groups excluding carboxylic acids is 2. The number of rotatable bonds is 8. The standard InChI is InChI=1S/C23H18BrN5O8S4/c1-37-28-14(9-6-40-23(25)26-9)18(33)27-15-19(34)29-16(21(35)36)7(4-38-20(15)29)5-39-22-13(24)17(32)8-2-10(30)11(31)3-12(8)41-22/h2-3,6,15,20,30-31H,4-5H2,1H3,(H2,25,26)(H,27,33)(H,35,36)/b28-14-/t15-,20-/m1/s1. The number of nitrogens with two attached hydrogens (primary N) is 1. The third kappa shape index (κ3) is 5.36. The van der Waals surface area contributed by atoms with Crippen molar-refractivity contribution in [3.05, 3.63) is 49.2 Å². The number of aromatic hydroxyl groups is 2. The molecule has 2 aromatic heterocycles. The van der Waals surface area contributed by atoms with Gasteiger partial charge in [0.05, 0.1) is 8.68 Å². The zero-order valence-electron chi connectivity index (χ0n) is 20.6. The van der Waals surface area contributed by atoms with Crippen LogP contribution in [0, 0.1) is 0 Å². The number of halogens is 1. The van der Waals surface area contributed by atoms with Gasteiger partial charge in [0.2, 0.25) is 5.43 Å². The number of aliphatic carboxylic acids is 1. The molecule has 5 rings (SSSR count). The molecule has 1 saturated heterocycles. The van der Waals surface area contributed by atoms with Crippen LogP contribution in [0.5, 0.6) is 11.5 Å². The number of oxime groups is 1. The van der Waals surface area contributed by atoms with Gasteiger partial charge in [-0.3, -0.25) is 19.3 Å². The molecule has 0 unspecified atom stereocenters. The van der Waals surface area contributed by atoms with Gasteiger partial charge in [0, 0.05) is 33.0 Å². The Morgan fingerprint density at radius 1 is 1.32 bits per heavy atom. The van der Waals surface area contributed by atoms with Crippen molar-refractivity contribution >= 4 is 101 Å². The summed E-state index contributed by atoms with van der Waals surface area (Å²) < 4.78 is 1.21. The first-order chi connectivity index (χ1) is 19.5. The number of β-lactam (4-membered cyclic amide) rings is 1. The number of hydrogen-bond donors (Lipinski definition) is 5. The Morgan fingerprint density at radius 3 is 2.71 bits per heavy atom. The minimum absolute atomic E-state index is 0.155. The van der Waals surface area contributed by atoms with Crippen LogP contribution < -0.4 is 16.5 Å². The molecule has 2 aliphatic rings. The second-order valence-corrected chi connectivity index (χ2v) is 13.6. The van der Waals surface area contributed by atoms with Gasteiger partial charge in [-0.15, -0.1) is 46.2 Å². The Bertz CT molecular complexity index is 1740. The summed E-state index contributed by atoms with van der Waals surface area (Å²) in [5.41, 5.74) is 5.53. The summed E-state index contributed by atoms with van der Waals surface area (Å²) in [5, 5.41) is 37.2. The van der Waals surface area contributed by atoms with Crippen LogP contribution in [0.4, 0.5) is 5.13 Å². The summed E-state index contributed by atoms with van der Waals surface area (Å²) in [5.74, 6) is -3.00. The number of nitrogens with one attached hydrogen (secondary N) is 1. The predicted molar refractivity (Wildman–Crippen MR) is 160 cm³/mol. The summed E-state index contributed by atoms with van der Waals surface area (Å²) in [4.78, 5) is 61.0. The maximum Gasteiger partial charge on any atom is 0.352 e.